The summed E-state index contributed by atoms with van der Waals surface area (Å²) in [5, 5.41) is 0.651. The summed E-state index contributed by atoms with van der Waals surface area (Å²) in [7, 11) is 4.91. The monoisotopic (exact) mass is 438 g/mol. The average Bonchev–Trinajstić information content (AvgIpc) is 3.33. The van der Waals surface area contributed by atoms with Crippen LogP contribution >= 0.6 is 0 Å². The van der Waals surface area contributed by atoms with E-state index in [-0.39, 0.29) is 24.2 Å². The number of ether oxygens (including phenoxy) is 1. The van der Waals surface area contributed by atoms with Crippen LogP contribution in [0.5, 0.6) is 11.5 Å². The molecule has 5 aromatic rings. The molecule has 164 valence electrons. The Hall–Kier alpha value is -4.14. The number of aromatic amines is 1. The number of nitrogens with zero attached hydrogens (tertiary/aromatic N) is 3. The first-order chi connectivity index (χ1) is 15.3. The number of fused-ring (bicyclic) bond motifs is 2. The third-order valence-corrected chi connectivity index (χ3v) is 5.67. The topological polar surface area (TPSA) is 73.9 Å². The average molecular weight is 438 g/mol. The number of hydrogen-bond acceptors (Lipinski definition) is 3. The molecule has 0 amide bonds. The molecule has 0 saturated heterocycles. The van der Waals surface area contributed by atoms with Crippen molar-refractivity contribution in [3.8, 4) is 22.6 Å². The number of halogens is 2. The van der Waals surface area contributed by atoms with Crippen LogP contribution in [0.3, 0.4) is 0 Å². The van der Waals surface area contributed by atoms with E-state index in [9.17, 15) is 18.4 Å². The number of aromatic nitrogens is 4. The normalized spacial score (nSPS) is 11.5. The van der Waals surface area contributed by atoms with E-state index < -0.39 is 11.6 Å². The molecule has 0 unspecified atom stereocenters. The molecule has 1 N–H and O–H groups in total. The first kappa shape index (κ1) is 19.8. The second kappa shape index (κ2) is 6.94. The second-order valence-corrected chi connectivity index (χ2v) is 7.64. The molecule has 0 aliphatic carbocycles. The highest BCUT2D eigenvalue weighted by Gasteiger charge is 2.20. The highest BCUT2D eigenvalue weighted by Crippen LogP contribution is 2.39. The van der Waals surface area contributed by atoms with Gasteiger partial charge in [-0.1, -0.05) is 0 Å². The predicted octanol–water partition coefficient (Wildman–Crippen LogP) is 4.04. The van der Waals surface area contributed by atoms with Crippen LogP contribution in [0.15, 0.2) is 58.4 Å². The van der Waals surface area contributed by atoms with Crippen molar-refractivity contribution in [3.63, 3.8) is 0 Å². The molecule has 0 fully saturated rings. The van der Waals surface area contributed by atoms with E-state index in [0.717, 1.165) is 12.1 Å². The van der Waals surface area contributed by atoms with Gasteiger partial charge in [0.05, 0.1) is 11.0 Å². The Morgan fingerprint density at radius 3 is 2.34 bits per heavy atom. The predicted molar refractivity (Wildman–Crippen MR) is 119 cm³/mol. The Bertz CT molecular complexity index is 1660. The largest absolute Gasteiger partial charge is 0.454 e. The zero-order valence-electron chi connectivity index (χ0n) is 17.4. The number of benzene rings is 2. The molecule has 0 atom stereocenters. The van der Waals surface area contributed by atoms with Gasteiger partial charge in [-0.2, -0.15) is 0 Å². The molecule has 3 heterocycles. The van der Waals surface area contributed by atoms with Gasteiger partial charge < -0.3 is 14.3 Å². The smallest absolute Gasteiger partial charge is 0.328 e. The summed E-state index contributed by atoms with van der Waals surface area (Å²) < 4.78 is 38.0. The number of aryl methyl sites for hydroxylation is 3. The van der Waals surface area contributed by atoms with E-state index in [1.807, 2.05) is 0 Å². The van der Waals surface area contributed by atoms with E-state index in [1.54, 1.807) is 51.7 Å². The van der Waals surface area contributed by atoms with Crippen molar-refractivity contribution in [2.75, 3.05) is 0 Å². The molecule has 0 saturated carbocycles. The summed E-state index contributed by atoms with van der Waals surface area (Å²) in [5.74, 6) is -1.48. The lowest BCUT2D eigenvalue weighted by Crippen LogP contribution is -2.19. The SMILES string of the molecule is Cn1cc(-c2cc3c(cc2Oc2ccc(F)cc2F)n(C)c(=O)n3C)c2cc[nH]c2c1=O.[HH]. The number of pyridine rings is 1. The highest BCUT2D eigenvalue weighted by molar-refractivity contribution is 5.98. The molecular formula is C23H20F2N4O3. The van der Waals surface area contributed by atoms with E-state index in [1.165, 1.54) is 19.8 Å². The van der Waals surface area contributed by atoms with Crippen LogP contribution in [0.4, 0.5) is 8.78 Å². The van der Waals surface area contributed by atoms with Crippen molar-refractivity contribution in [2.24, 2.45) is 21.1 Å². The lowest BCUT2D eigenvalue weighted by atomic mass is 10.0. The molecule has 2 aromatic carbocycles. The lowest BCUT2D eigenvalue weighted by molar-refractivity contribution is 0.439. The minimum absolute atomic E-state index is 0. The molecule has 5 rings (SSSR count). The summed E-state index contributed by atoms with van der Waals surface area (Å²) in [4.78, 5) is 28.0. The first-order valence-electron chi connectivity index (χ1n) is 9.75. The van der Waals surface area contributed by atoms with Crippen LogP contribution in [-0.2, 0) is 21.1 Å². The fourth-order valence-corrected chi connectivity index (χ4v) is 3.98. The summed E-state index contributed by atoms with van der Waals surface area (Å²) in [6, 6.07) is 8.21. The van der Waals surface area contributed by atoms with E-state index in [0.29, 0.717) is 33.1 Å². The summed E-state index contributed by atoms with van der Waals surface area (Å²) in [5.41, 5.74) is 2.39. The summed E-state index contributed by atoms with van der Waals surface area (Å²) >= 11 is 0. The summed E-state index contributed by atoms with van der Waals surface area (Å²) in [6.07, 6.45) is 3.32. The van der Waals surface area contributed by atoms with E-state index >= 15 is 0 Å². The molecule has 0 spiro atoms. The van der Waals surface area contributed by atoms with Gasteiger partial charge >= 0.3 is 5.69 Å². The molecule has 32 heavy (non-hydrogen) atoms. The quantitative estimate of drug-likeness (QED) is 0.462. The van der Waals surface area contributed by atoms with Crippen LogP contribution in [-0.4, -0.2) is 18.7 Å². The molecular weight excluding hydrogens is 418 g/mol. The zero-order valence-corrected chi connectivity index (χ0v) is 17.4. The van der Waals surface area contributed by atoms with E-state index in [4.69, 9.17) is 4.74 Å². The number of rotatable bonds is 3. The maximum Gasteiger partial charge on any atom is 0.328 e. The van der Waals surface area contributed by atoms with Crippen molar-refractivity contribution in [1.82, 2.24) is 18.7 Å². The van der Waals surface area contributed by atoms with Crippen molar-refractivity contribution in [1.29, 1.82) is 0 Å². The Labute approximate surface area is 181 Å². The van der Waals surface area contributed by atoms with Gasteiger partial charge in [-0.25, -0.2) is 13.6 Å². The minimum Gasteiger partial charge on any atom is -0.454 e. The lowest BCUT2D eigenvalue weighted by Gasteiger charge is -2.15. The maximum absolute atomic E-state index is 14.4. The summed E-state index contributed by atoms with van der Waals surface area (Å²) in [6.45, 7) is 0. The van der Waals surface area contributed by atoms with Gasteiger partial charge in [-0.05, 0) is 24.3 Å². The number of imidazole rings is 1. The third kappa shape index (κ3) is 2.85. The van der Waals surface area contributed by atoms with E-state index in [2.05, 4.69) is 4.98 Å². The molecule has 0 bridgehead atoms. The Balaban J connectivity index is 0.00000259. The van der Waals surface area contributed by atoms with Gasteiger partial charge in [-0.3, -0.25) is 13.9 Å². The minimum atomic E-state index is -0.856. The van der Waals surface area contributed by atoms with Crippen molar-refractivity contribution in [3.05, 3.63) is 81.3 Å². The highest BCUT2D eigenvalue weighted by atomic mass is 19.1. The van der Waals surface area contributed by atoms with Crippen molar-refractivity contribution < 1.29 is 14.9 Å². The van der Waals surface area contributed by atoms with Gasteiger partial charge in [0.1, 0.15) is 17.1 Å². The molecule has 7 nitrogen and oxygen atoms in total. The molecule has 0 radical (unpaired) electrons. The number of hydrogen-bond donors (Lipinski definition) is 1. The fourth-order valence-electron chi connectivity index (χ4n) is 3.98. The molecule has 0 aliphatic rings. The zero-order chi connectivity index (χ0) is 22.7. The Morgan fingerprint density at radius 2 is 1.62 bits per heavy atom. The first-order valence-corrected chi connectivity index (χ1v) is 9.75. The Morgan fingerprint density at radius 1 is 0.906 bits per heavy atom. The van der Waals surface area contributed by atoms with Gasteiger partial charge in [-0.15, -0.1) is 0 Å². The molecule has 0 aliphatic heterocycles. The van der Waals surface area contributed by atoms with Crippen LogP contribution < -0.4 is 16.0 Å². The Kier molecular flexibility index (Phi) is 4.30. The fraction of sp³-hybridized carbons (Fsp3) is 0.130. The van der Waals surface area contributed by atoms with Crippen molar-refractivity contribution in [2.45, 2.75) is 0 Å². The van der Waals surface area contributed by atoms with Crippen LogP contribution in [0.1, 0.15) is 1.43 Å². The maximum atomic E-state index is 14.4. The standard InChI is InChI=1S/C23H18F2N4O3.H2/c1-27-11-15(13-6-7-26-21(13)22(27)30)14-9-17-18(29(3)23(31)28(17)2)10-20(14)32-19-5-4-12(24)8-16(19)25;/h4-11,26H,1-3H3;1H. The van der Waals surface area contributed by atoms with Gasteiger partial charge in [0, 0.05) is 63.6 Å². The van der Waals surface area contributed by atoms with Crippen LogP contribution in [0.2, 0.25) is 0 Å². The number of nitrogens with one attached hydrogen (secondary N) is 1. The van der Waals surface area contributed by atoms with Crippen molar-refractivity contribution >= 4 is 21.9 Å². The number of H-pyrrole nitrogens is 1. The van der Waals surface area contributed by atoms with Gasteiger partial charge in [0.25, 0.3) is 5.56 Å². The molecule has 3 aromatic heterocycles. The van der Waals surface area contributed by atoms with Crippen LogP contribution in [0.25, 0.3) is 33.1 Å². The van der Waals surface area contributed by atoms with Gasteiger partial charge in [0.2, 0.25) is 0 Å². The van der Waals surface area contributed by atoms with Gasteiger partial charge in [0.15, 0.2) is 11.6 Å². The third-order valence-electron chi connectivity index (χ3n) is 5.67. The molecule has 9 heteroatoms. The second-order valence-electron chi connectivity index (χ2n) is 7.64. The van der Waals surface area contributed by atoms with Crippen LogP contribution in [0, 0.1) is 11.6 Å².